The van der Waals surface area contributed by atoms with Crippen LogP contribution in [0.5, 0.6) is 0 Å². The fourth-order valence-electron chi connectivity index (χ4n) is 3.07. The first-order valence-corrected chi connectivity index (χ1v) is 8.89. The van der Waals surface area contributed by atoms with Crippen molar-refractivity contribution in [2.45, 2.75) is 32.1 Å². The Hall–Kier alpha value is -2.95. The van der Waals surface area contributed by atoms with Crippen LogP contribution in [0.3, 0.4) is 0 Å². The van der Waals surface area contributed by atoms with Gasteiger partial charge in [0.05, 0.1) is 6.20 Å². The van der Waals surface area contributed by atoms with E-state index in [2.05, 4.69) is 29.1 Å². The Morgan fingerprint density at radius 2 is 2.00 bits per heavy atom. The van der Waals surface area contributed by atoms with E-state index in [1.807, 2.05) is 42.6 Å². The number of nitrogens with one attached hydrogen (secondary N) is 1. The van der Waals surface area contributed by atoms with Crippen molar-refractivity contribution >= 4 is 11.6 Å². The van der Waals surface area contributed by atoms with Crippen LogP contribution < -0.4 is 5.32 Å². The zero-order valence-corrected chi connectivity index (χ0v) is 14.8. The van der Waals surface area contributed by atoms with Gasteiger partial charge in [0.25, 0.3) is 0 Å². The fraction of sp³-hybridized carbons (Fsp3) is 0.286. The van der Waals surface area contributed by atoms with Gasteiger partial charge in [0.15, 0.2) is 0 Å². The van der Waals surface area contributed by atoms with Crippen LogP contribution in [0, 0.1) is 5.92 Å². The van der Waals surface area contributed by atoms with Crippen LogP contribution >= 0.6 is 0 Å². The molecule has 1 amide bonds. The lowest BCUT2D eigenvalue weighted by atomic mass is 10.1. The van der Waals surface area contributed by atoms with E-state index < -0.39 is 0 Å². The van der Waals surface area contributed by atoms with Gasteiger partial charge in [-0.1, -0.05) is 19.9 Å². The molecule has 26 heavy (non-hydrogen) atoms. The minimum absolute atomic E-state index is 0.0271. The third-order valence-corrected chi connectivity index (χ3v) is 4.73. The summed E-state index contributed by atoms with van der Waals surface area (Å²) in [5, 5.41) is 3.00. The second-order valence-electron chi connectivity index (χ2n) is 7.02. The van der Waals surface area contributed by atoms with Crippen LogP contribution in [0.4, 0.5) is 5.69 Å². The average Bonchev–Trinajstić information content (AvgIpc) is 3.31. The molecule has 2 aromatic heterocycles. The molecular formula is C21H21N3O2. The summed E-state index contributed by atoms with van der Waals surface area (Å²) in [7, 11) is 0. The molecule has 0 aliphatic heterocycles. The summed E-state index contributed by atoms with van der Waals surface area (Å²) in [5.74, 6) is 2.15. The average molecular weight is 347 g/mol. The van der Waals surface area contributed by atoms with E-state index in [1.165, 1.54) is 0 Å². The van der Waals surface area contributed by atoms with Crippen molar-refractivity contribution in [3.05, 3.63) is 66.3 Å². The Bertz CT molecular complexity index is 901. The molecule has 2 heterocycles. The topological polar surface area (TPSA) is 68.0 Å². The fourth-order valence-corrected chi connectivity index (χ4v) is 3.07. The van der Waals surface area contributed by atoms with Gasteiger partial charge in [-0.15, -0.1) is 0 Å². The normalized spacial score (nSPS) is 18.7. The number of rotatable bonds is 5. The van der Waals surface area contributed by atoms with Crippen molar-refractivity contribution in [1.82, 2.24) is 9.97 Å². The van der Waals surface area contributed by atoms with Crippen molar-refractivity contribution in [2.75, 3.05) is 5.32 Å². The van der Waals surface area contributed by atoms with E-state index in [0.717, 1.165) is 29.0 Å². The van der Waals surface area contributed by atoms with E-state index in [0.29, 0.717) is 11.8 Å². The minimum Gasteiger partial charge on any atom is -0.441 e. The van der Waals surface area contributed by atoms with Crippen LogP contribution in [0.2, 0.25) is 0 Å². The summed E-state index contributed by atoms with van der Waals surface area (Å²) >= 11 is 0. The first-order chi connectivity index (χ1) is 12.6. The molecule has 5 nitrogen and oxygen atoms in total. The lowest BCUT2D eigenvalue weighted by Gasteiger charge is -2.06. The maximum Gasteiger partial charge on any atom is 0.228 e. The molecule has 0 bridgehead atoms. The van der Waals surface area contributed by atoms with Gasteiger partial charge in [0.1, 0.15) is 5.76 Å². The van der Waals surface area contributed by atoms with Crippen LogP contribution in [-0.4, -0.2) is 15.9 Å². The predicted molar refractivity (Wildman–Crippen MR) is 99.7 cm³/mol. The van der Waals surface area contributed by atoms with Gasteiger partial charge < -0.3 is 9.73 Å². The number of benzene rings is 1. The highest BCUT2D eigenvalue weighted by Gasteiger charge is 2.44. The largest absolute Gasteiger partial charge is 0.441 e. The lowest BCUT2D eigenvalue weighted by molar-refractivity contribution is -0.117. The predicted octanol–water partition coefficient (Wildman–Crippen LogP) is 4.60. The Kier molecular flexibility index (Phi) is 4.29. The lowest BCUT2D eigenvalue weighted by Crippen LogP contribution is -2.14. The standard InChI is InChI=1S/C21H21N3O2/c1-13(2)19-12-23-21(26-19)14-5-7-16(8-6-14)24-20(25)18-10-17(18)15-4-3-9-22-11-15/h3-9,11-13,17-18H,10H2,1-2H3,(H,24,25). The van der Waals surface area contributed by atoms with E-state index >= 15 is 0 Å². The molecule has 0 radical (unpaired) electrons. The molecule has 2 unspecified atom stereocenters. The van der Waals surface area contributed by atoms with Crippen LogP contribution in [0.15, 0.2) is 59.4 Å². The number of amides is 1. The number of hydrogen-bond donors (Lipinski definition) is 1. The molecular weight excluding hydrogens is 326 g/mol. The Balaban J connectivity index is 1.39. The first-order valence-electron chi connectivity index (χ1n) is 8.89. The van der Waals surface area contributed by atoms with Crippen LogP contribution in [0.1, 0.15) is 43.4 Å². The van der Waals surface area contributed by atoms with Crippen LogP contribution in [0.25, 0.3) is 11.5 Å². The number of nitrogens with zero attached hydrogens (tertiary/aromatic N) is 2. The smallest absolute Gasteiger partial charge is 0.228 e. The number of aromatic nitrogens is 2. The van der Waals surface area contributed by atoms with Crippen molar-refractivity contribution in [3.63, 3.8) is 0 Å². The minimum atomic E-state index is 0.0271. The highest BCUT2D eigenvalue weighted by Crippen LogP contribution is 2.47. The highest BCUT2D eigenvalue weighted by molar-refractivity contribution is 5.95. The number of pyridine rings is 1. The molecule has 3 aromatic rings. The summed E-state index contributed by atoms with van der Waals surface area (Å²) in [6, 6.07) is 11.5. The molecule has 1 N–H and O–H groups in total. The SMILES string of the molecule is CC(C)c1cnc(-c2ccc(NC(=O)C3CC3c3cccnc3)cc2)o1. The monoisotopic (exact) mass is 347 g/mol. The maximum atomic E-state index is 12.4. The number of carbonyl (C=O) groups excluding carboxylic acids is 1. The molecule has 0 saturated heterocycles. The Morgan fingerprint density at radius 1 is 1.19 bits per heavy atom. The summed E-state index contributed by atoms with van der Waals surface area (Å²) in [6.07, 6.45) is 6.24. The van der Waals surface area contributed by atoms with Gasteiger partial charge >= 0.3 is 0 Å². The molecule has 132 valence electrons. The maximum absolute atomic E-state index is 12.4. The number of oxazole rings is 1. The molecule has 1 saturated carbocycles. The Morgan fingerprint density at radius 3 is 2.65 bits per heavy atom. The molecule has 2 atom stereocenters. The van der Waals surface area contributed by atoms with Crippen LogP contribution in [-0.2, 0) is 4.79 Å². The summed E-state index contributed by atoms with van der Waals surface area (Å²) < 4.78 is 5.76. The molecule has 4 rings (SSSR count). The Labute approximate surface area is 152 Å². The third-order valence-electron chi connectivity index (χ3n) is 4.73. The molecule has 1 aliphatic rings. The summed E-state index contributed by atoms with van der Waals surface area (Å²) in [6.45, 7) is 4.14. The van der Waals surface area contributed by atoms with E-state index in [-0.39, 0.29) is 17.7 Å². The quantitative estimate of drug-likeness (QED) is 0.732. The number of carbonyl (C=O) groups is 1. The zero-order valence-electron chi connectivity index (χ0n) is 14.8. The third kappa shape index (κ3) is 3.38. The van der Waals surface area contributed by atoms with Crippen molar-refractivity contribution < 1.29 is 9.21 Å². The molecule has 5 heteroatoms. The van der Waals surface area contributed by atoms with E-state index in [4.69, 9.17) is 4.42 Å². The van der Waals surface area contributed by atoms with Crippen molar-refractivity contribution in [1.29, 1.82) is 0 Å². The molecule has 1 aromatic carbocycles. The second-order valence-corrected chi connectivity index (χ2v) is 7.02. The number of hydrogen-bond acceptors (Lipinski definition) is 4. The second kappa shape index (κ2) is 6.75. The van der Waals surface area contributed by atoms with Gasteiger partial charge in [-0.3, -0.25) is 9.78 Å². The van der Waals surface area contributed by atoms with Gasteiger partial charge in [-0.25, -0.2) is 4.98 Å². The van der Waals surface area contributed by atoms with Crippen molar-refractivity contribution in [2.24, 2.45) is 5.92 Å². The first kappa shape index (κ1) is 16.5. The van der Waals surface area contributed by atoms with Gasteiger partial charge in [-0.2, -0.15) is 0 Å². The highest BCUT2D eigenvalue weighted by atomic mass is 16.4. The molecule has 1 aliphatic carbocycles. The van der Waals surface area contributed by atoms with Gasteiger partial charge in [0, 0.05) is 35.5 Å². The van der Waals surface area contributed by atoms with Gasteiger partial charge in [0.2, 0.25) is 11.8 Å². The van der Waals surface area contributed by atoms with Gasteiger partial charge in [-0.05, 0) is 48.2 Å². The summed E-state index contributed by atoms with van der Waals surface area (Å²) in [4.78, 5) is 20.9. The summed E-state index contributed by atoms with van der Waals surface area (Å²) in [5.41, 5.74) is 2.81. The molecule has 1 fully saturated rings. The van der Waals surface area contributed by atoms with E-state index in [9.17, 15) is 4.79 Å². The van der Waals surface area contributed by atoms with E-state index in [1.54, 1.807) is 12.4 Å². The zero-order chi connectivity index (χ0) is 18.1. The van der Waals surface area contributed by atoms with Crippen molar-refractivity contribution in [3.8, 4) is 11.5 Å². The number of anilines is 1. The molecule has 0 spiro atoms.